The lowest BCUT2D eigenvalue weighted by Crippen LogP contribution is -1.89. The molecule has 0 unspecified atom stereocenters. The number of methoxy groups -OCH3 is 1. The van der Waals surface area contributed by atoms with E-state index in [0.29, 0.717) is 0 Å². The van der Waals surface area contributed by atoms with Gasteiger partial charge in [-0.1, -0.05) is 72.8 Å². The van der Waals surface area contributed by atoms with Crippen molar-refractivity contribution in [1.29, 1.82) is 0 Å². The summed E-state index contributed by atoms with van der Waals surface area (Å²) in [6, 6.07) is 32.3. The molecule has 0 atom stereocenters. The molecule has 0 saturated carbocycles. The molecule has 0 aliphatic rings. The lowest BCUT2D eigenvalue weighted by atomic mass is 9.92. The van der Waals surface area contributed by atoms with Crippen LogP contribution in [-0.4, -0.2) is 7.11 Å². The molecule has 26 heavy (non-hydrogen) atoms. The van der Waals surface area contributed by atoms with Crippen molar-refractivity contribution in [2.24, 2.45) is 0 Å². The molecule has 0 aromatic heterocycles. The van der Waals surface area contributed by atoms with Crippen LogP contribution >= 0.6 is 0 Å². The molecule has 5 aromatic rings. The van der Waals surface area contributed by atoms with Gasteiger partial charge < -0.3 is 4.74 Å². The number of benzene rings is 5. The van der Waals surface area contributed by atoms with Gasteiger partial charge in [-0.15, -0.1) is 0 Å². The van der Waals surface area contributed by atoms with Crippen LogP contribution in [0.2, 0.25) is 0 Å². The summed E-state index contributed by atoms with van der Waals surface area (Å²) in [7, 11) is 1.73. The zero-order valence-electron chi connectivity index (χ0n) is 14.6. The zero-order chi connectivity index (χ0) is 17.5. The van der Waals surface area contributed by atoms with Gasteiger partial charge in [0.25, 0.3) is 0 Å². The van der Waals surface area contributed by atoms with E-state index in [4.69, 9.17) is 4.74 Å². The third-order valence-corrected chi connectivity index (χ3v) is 5.12. The second-order valence-electron chi connectivity index (χ2n) is 6.59. The lowest BCUT2D eigenvalue weighted by molar-refractivity contribution is 0.416. The summed E-state index contributed by atoms with van der Waals surface area (Å²) in [6.45, 7) is 0. The van der Waals surface area contributed by atoms with Crippen molar-refractivity contribution in [3.8, 4) is 16.9 Å². The fourth-order valence-corrected chi connectivity index (χ4v) is 3.89. The number of hydrogen-bond acceptors (Lipinski definition) is 1. The largest absolute Gasteiger partial charge is 0.496 e. The molecule has 0 saturated heterocycles. The Hall–Kier alpha value is -3.32. The molecule has 5 rings (SSSR count). The van der Waals surface area contributed by atoms with E-state index in [9.17, 15) is 0 Å². The molecule has 0 aliphatic carbocycles. The lowest BCUT2D eigenvalue weighted by Gasteiger charge is -2.14. The summed E-state index contributed by atoms with van der Waals surface area (Å²) in [5, 5.41) is 7.61. The van der Waals surface area contributed by atoms with E-state index < -0.39 is 0 Å². The Kier molecular flexibility index (Phi) is 3.39. The second-order valence-corrected chi connectivity index (χ2v) is 6.59. The average molecular weight is 334 g/mol. The highest BCUT2D eigenvalue weighted by molar-refractivity contribution is 6.17. The normalized spacial score (nSPS) is 11.3. The minimum atomic E-state index is 0.901. The third-order valence-electron chi connectivity index (χ3n) is 5.12. The van der Waals surface area contributed by atoms with Crippen LogP contribution in [0, 0.1) is 0 Å². The SMILES string of the molecule is COc1ccccc1-c1cccc2ccc3cc4ccccc4cc3c12. The van der Waals surface area contributed by atoms with Gasteiger partial charge in [0.1, 0.15) is 5.75 Å². The fraction of sp³-hybridized carbons (Fsp3) is 0.0400. The smallest absolute Gasteiger partial charge is 0.126 e. The van der Waals surface area contributed by atoms with E-state index in [1.165, 1.54) is 37.9 Å². The van der Waals surface area contributed by atoms with Gasteiger partial charge in [-0.2, -0.15) is 0 Å². The molecule has 0 N–H and O–H groups in total. The average Bonchev–Trinajstić information content (AvgIpc) is 2.71. The van der Waals surface area contributed by atoms with E-state index in [1.54, 1.807) is 7.11 Å². The number of para-hydroxylation sites is 1. The van der Waals surface area contributed by atoms with E-state index in [-0.39, 0.29) is 0 Å². The second kappa shape index (κ2) is 5.89. The van der Waals surface area contributed by atoms with Crippen molar-refractivity contribution in [2.45, 2.75) is 0 Å². The van der Waals surface area contributed by atoms with Crippen LogP contribution in [0.25, 0.3) is 43.4 Å². The fourth-order valence-electron chi connectivity index (χ4n) is 3.89. The quantitative estimate of drug-likeness (QED) is 0.254. The van der Waals surface area contributed by atoms with Gasteiger partial charge in [0.05, 0.1) is 7.11 Å². The monoisotopic (exact) mass is 334 g/mol. The van der Waals surface area contributed by atoms with Crippen molar-refractivity contribution in [3.05, 3.63) is 91.0 Å². The van der Waals surface area contributed by atoms with Gasteiger partial charge in [-0.3, -0.25) is 0 Å². The van der Waals surface area contributed by atoms with Gasteiger partial charge in [-0.25, -0.2) is 0 Å². The van der Waals surface area contributed by atoms with Crippen LogP contribution in [0.1, 0.15) is 0 Å². The van der Waals surface area contributed by atoms with Crippen molar-refractivity contribution < 1.29 is 4.74 Å². The Balaban J connectivity index is 1.95. The highest BCUT2D eigenvalue weighted by Gasteiger charge is 2.12. The van der Waals surface area contributed by atoms with Gasteiger partial charge in [0.15, 0.2) is 0 Å². The van der Waals surface area contributed by atoms with Crippen LogP contribution in [0.3, 0.4) is 0 Å². The van der Waals surface area contributed by atoms with Crippen LogP contribution in [0.5, 0.6) is 5.75 Å². The predicted octanol–water partition coefficient (Wildman–Crippen LogP) is 6.82. The van der Waals surface area contributed by atoms with Crippen LogP contribution < -0.4 is 4.74 Å². The molecule has 0 radical (unpaired) electrons. The molecule has 0 bridgehead atoms. The molecule has 0 aliphatic heterocycles. The Morgan fingerprint density at radius 2 is 1.19 bits per heavy atom. The van der Waals surface area contributed by atoms with E-state index in [0.717, 1.165) is 11.3 Å². The van der Waals surface area contributed by atoms with E-state index in [2.05, 4.69) is 78.9 Å². The summed E-state index contributed by atoms with van der Waals surface area (Å²) in [4.78, 5) is 0. The highest BCUT2D eigenvalue weighted by Crippen LogP contribution is 2.39. The van der Waals surface area contributed by atoms with Crippen molar-refractivity contribution in [1.82, 2.24) is 0 Å². The first-order valence-corrected chi connectivity index (χ1v) is 8.83. The molecule has 5 aromatic carbocycles. The van der Waals surface area contributed by atoms with Crippen molar-refractivity contribution >= 4 is 32.3 Å². The van der Waals surface area contributed by atoms with Crippen LogP contribution in [0.4, 0.5) is 0 Å². The summed E-state index contributed by atoms with van der Waals surface area (Å²) < 4.78 is 5.63. The molecular formula is C25H18O. The molecule has 0 amide bonds. The molecule has 124 valence electrons. The highest BCUT2D eigenvalue weighted by atomic mass is 16.5. The maximum atomic E-state index is 5.63. The minimum absolute atomic E-state index is 0.901. The molecule has 0 heterocycles. The van der Waals surface area contributed by atoms with Gasteiger partial charge in [-0.05, 0) is 56.1 Å². The molecule has 1 heteroatoms. The van der Waals surface area contributed by atoms with Gasteiger partial charge >= 0.3 is 0 Å². The summed E-state index contributed by atoms with van der Waals surface area (Å²) >= 11 is 0. The topological polar surface area (TPSA) is 9.23 Å². The minimum Gasteiger partial charge on any atom is -0.496 e. The molecular weight excluding hydrogens is 316 g/mol. The van der Waals surface area contributed by atoms with Crippen LogP contribution in [0.15, 0.2) is 91.0 Å². The summed E-state index contributed by atoms with van der Waals surface area (Å²) in [5.41, 5.74) is 2.34. The standard InChI is InChI=1S/C25H18O/c1-26-24-12-5-4-10-21(24)22-11-6-9-17-13-14-20-15-18-7-2-3-8-19(18)16-23(20)25(17)22/h2-16H,1H3. The Bertz CT molecular complexity index is 1270. The number of rotatable bonds is 2. The third kappa shape index (κ3) is 2.25. The first-order valence-electron chi connectivity index (χ1n) is 8.83. The summed E-state index contributed by atoms with van der Waals surface area (Å²) in [6.07, 6.45) is 0. The Morgan fingerprint density at radius 3 is 2.04 bits per heavy atom. The number of fused-ring (bicyclic) bond motifs is 4. The number of hydrogen-bond donors (Lipinski definition) is 0. The maximum Gasteiger partial charge on any atom is 0.126 e. The molecule has 0 fully saturated rings. The maximum absolute atomic E-state index is 5.63. The van der Waals surface area contributed by atoms with Gasteiger partial charge in [0, 0.05) is 5.56 Å². The predicted molar refractivity (Wildman–Crippen MR) is 111 cm³/mol. The van der Waals surface area contributed by atoms with E-state index in [1.807, 2.05) is 12.1 Å². The van der Waals surface area contributed by atoms with Crippen molar-refractivity contribution in [3.63, 3.8) is 0 Å². The molecule has 0 spiro atoms. The number of ether oxygens (including phenoxy) is 1. The Morgan fingerprint density at radius 1 is 0.538 bits per heavy atom. The summed E-state index contributed by atoms with van der Waals surface area (Å²) in [5.74, 6) is 0.901. The first kappa shape index (κ1) is 15.0. The van der Waals surface area contributed by atoms with Crippen molar-refractivity contribution in [2.75, 3.05) is 7.11 Å². The first-order chi connectivity index (χ1) is 12.8. The molecule has 1 nitrogen and oxygen atoms in total. The van der Waals surface area contributed by atoms with E-state index >= 15 is 0 Å². The zero-order valence-corrected chi connectivity index (χ0v) is 14.6. The van der Waals surface area contributed by atoms with Gasteiger partial charge in [0.2, 0.25) is 0 Å². The van der Waals surface area contributed by atoms with Crippen LogP contribution in [-0.2, 0) is 0 Å². The Labute approximate surface area is 152 Å².